The summed E-state index contributed by atoms with van der Waals surface area (Å²) in [6.07, 6.45) is 6.36. The normalized spacial score (nSPS) is 16.9. The summed E-state index contributed by atoms with van der Waals surface area (Å²) in [7, 11) is -3.10. The van der Waals surface area contributed by atoms with Gasteiger partial charge in [-0.3, -0.25) is 0 Å². The van der Waals surface area contributed by atoms with Gasteiger partial charge in [0.15, 0.2) is 8.32 Å². The zero-order valence-electron chi connectivity index (χ0n) is 16.7. The molecule has 0 saturated heterocycles. The quantitative estimate of drug-likeness (QED) is 0.392. The average Bonchev–Trinajstić information content (AvgIpc) is 2.35. The van der Waals surface area contributed by atoms with Crippen molar-refractivity contribution in [1.82, 2.24) is 0 Å². The monoisotopic (exact) mass is 330 g/mol. The Morgan fingerprint density at radius 1 is 0.857 bits per heavy atom. The standard InChI is InChI=1S/C18H42OSi2/c1-11-14-16-20(7,8)18(6,13-3)19-21(9,10)17(4,5)15-12-2/h11-16H2,1-10H3. The number of hydrogen-bond donors (Lipinski definition) is 0. The molecule has 3 heteroatoms. The molecule has 1 unspecified atom stereocenters. The van der Waals surface area contributed by atoms with E-state index in [4.69, 9.17) is 4.43 Å². The average molecular weight is 331 g/mol. The van der Waals surface area contributed by atoms with Crippen LogP contribution < -0.4 is 0 Å². The molecule has 0 aliphatic carbocycles. The highest BCUT2D eigenvalue weighted by Crippen LogP contribution is 2.46. The van der Waals surface area contributed by atoms with Crippen molar-refractivity contribution < 1.29 is 4.43 Å². The summed E-state index contributed by atoms with van der Waals surface area (Å²) in [5, 5.41) is 0.482. The third-order valence-corrected chi connectivity index (χ3v) is 15.8. The number of unbranched alkanes of at least 4 members (excludes halogenated alkanes) is 1. The maximum atomic E-state index is 7.05. The molecule has 0 spiro atoms. The lowest BCUT2D eigenvalue weighted by Gasteiger charge is -2.51. The highest BCUT2D eigenvalue weighted by atomic mass is 28.4. The molecule has 1 nitrogen and oxygen atoms in total. The third kappa shape index (κ3) is 5.21. The van der Waals surface area contributed by atoms with Gasteiger partial charge in [-0.1, -0.05) is 73.0 Å². The Morgan fingerprint density at radius 2 is 1.38 bits per heavy atom. The Kier molecular flexibility index (Phi) is 7.93. The van der Waals surface area contributed by atoms with E-state index < -0.39 is 16.4 Å². The van der Waals surface area contributed by atoms with Gasteiger partial charge < -0.3 is 4.43 Å². The lowest BCUT2D eigenvalue weighted by Crippen LogP contribution is -2.60. The van der Waals surface area contributed by atoms with Crippen molar-refractivity contribution in [2.45, 2.75) is 116 Å². The Hall–Kier alpha value is 0.394. The van der Waals surface area contributed by atoms with Crippen molar-refractivity contribution in [3.05, 3.63) is 0 Å². The first-order chi connectivity index (χ1) is 9.39. The summed E-state index contributed by atoms with van der Waals surface area (Å²) >= 11 is 0. The highest BCUT2D eigenvalue weighted by Gasteiger charge is 2.50. The molecule has 0 saturated carbocycles. The van der Waals surface area contributed by atoms with Gasteiger partial charge in [-0.25, -0.2) is 0 Å². The van der Waals surface area contributed by atoms with E-state index in [9.17, 15) is 0 Å². The molecule has 0 aromatic heterocycles. The topological polar surface area (TPSA) is 9.23 Å². The van der Waals surface area contributed by atoms with Crippen LogP contribution in [0.3, 0.4) is 0 Å². The molecule has 0 aliphatic rings. The van der Waals surface area contributed by atoms with Gasteiger partial charge in [-0.2, -0.15) is 0 Å². The lowest BCUT2D eigenvalue weighted by molar-refractivity contribution is 0.136. The van der Waals surface area contributed by atoms with E-state index in [2.05, 4.69) is 67.7 Å². The van der Waals surface area contributed by atoms with Crippen LogP contribution in [0.5, 0.6) is 0 Å². The predicted molar refractivity (Wildman–Crippen MR) is 103 cm³/mol. The zero-order valence-corrected chi connectivity index (χ0v) is 18.7. The van der Waals surface area contributed by atoms with E-state index in [0.717, 1.165) is 6.42 Å². The maximum Gasteiger partial charge on any atom is 0.192 e. The highest BCUT2D eigenvalue weighted by molar-refractivity contribution is 6.82. The summed E-state index contributed by atoms with van der Waals surface area (Å²) in [6.45, 7) is 24.2. The van der Waals surface area contributed by atoms with Crippen molar-refractivity contribution in [3.8, 4) is 0 Å². The minimum absolute atomic E-state index is 0.128. The van der Waals surface area contributed by atoms with Crippen LogP contribution in [0.25, 0.3) is 0 Å². The van der Waals surface area contributed by atoms with E-state index in [1.54, 1.807) is 0 Å². The summed E-state index contributed by atoms with van der Waals surface area (Å²) < 4.78 is 7.05. The molecular weight excluding hydrogens is 288 g/mol. The first kappa shape index (κ1) is 21.4. The lowest BCUT2D eigenvalue weighted by atomic mass is 10.1. The van der Waals surface area contributed by atoms with Crippen molar-refractivity contribution in [3.63, 3.8) is 0 Å². The summed E-state index contributed by atoms with van der Waals surface area (Å²) in [6, 6.07) is 1.40. The van der Waals surface area contributed by atoms with Gasteiger partial charge >= 0.3 is 0 Å². The summed E-state index contributed by atoms with van der Waals surface area (Å²) in [5.41, 5.74) is 0. The van der Waals surface area contributed by atoms with Gasteiger partial charge in [-0.05, 0) is 37.9 Å². The van der Waals surface area contributed by atoms with Crippen molar-refractivity contribution >= 4 is 16.4 Å². The molecular formula is C18H42OSi2. The molecule has 128 valence electrons. The molecule has 0 amide bonds. The Labute approximate surface area is 137 Å². The molecule has 0 radical (unpaired) electrons. The molecule has 0 heterocycles. The minimum atomic E-state index is -1.72. The van der Waals surface area contributed by atoms with Crippen LogP contribution in [-0.4, -0.2) is 21.6 Å². The molecule has 0 aromatic rings. The van der Waals surface area contributed by atoms with E-state index in [0.29, 0.717) is 5.04 Å². The fourth-order valence-electron chi connectivity index (χ4n) is 3.20. The van der Waals surface area contributed by atoms with Gasteiger partial charge in [0.25, 0.3) is 0 Å². The van der Waals surface area contributed by atoms with E-state index in [1.165, 1.54) is 31.7 Å². The SMILES string of the molecule is CCCC[Si](C)(C)C(C)(CC)O[Si](C)(C)C(C)(C)CCC. The Balaban J connectivity index is 5.27. The van der Waals surface area contributed by atoms with Crippen LogP contribution in [0.2, 0.25) is 37.3 Å². The fraction of sp³-hybridized carbons (Fsp3) is 1.00. The second kappa shape index (κ2) is 7.78. The molecule has 1 atom stereocenters. The Bertz CT molecular complexity index is 310. The molecule has 0 N–H and O–H groups in total. The van der Waals surface area contributed by atoms with Crippen LogP contribution >= 0.6 is 0 Å². The fourth-order valence-corrected chi connectivity index (χ4v) is 10.2. The van der Waals surface area contributed by atoms with Gasteiger partial charge in [0, 0.05) is 5.22 Å². The molecule has 0 fully saturated rings. The van der Waals surface area contributed by atoms with Crippen molar-refractivity contribution in [2.75, 3.05) is 0 Å². The van der Waals surface area contributed by atoms with Crippen LogP contribution in [0.1, 0.15) is 73.6 Å². The van der Waals surface area contributed by atoms with Crippen LogP contribution in [0.4, 0.5) is 0 Å². The van der Waals surface area contributed by atoms with Crippen molar-refractivity contribution in [2.24, 2.45) is 0 Å². The molecule has 0 bridgehead atoms. The number of rotatable bonds is 10. The minimum Gasteiger partial charge on any atom is -0.414 e. The second-order valence-electron chi connectivity index (χ2n) is 8.82. The van der Waals surface area contributed by atoms with Crippen LogP contribution in [0, 0.1) is 0 Å². The zero-order chi connectivity index (χ0) is 16.9. The van der Waals surface area contributed by atoms with E-state index >= 15 is 0 Å². The van der Waals surface area contributed by atoms with E-state index in [1.807, 2.05) is 0 Å². The van der Waals surface area contributed by atoms with Crippen LogP contribution in [0.15, 0.2) is 0 Å². The Morgan fingerprint density at radius 3 is 1.76 bits per heavy atom. The first-order valence-electron chi connectivity index (χ1n) is 9.09. The second-order valence-corrected chi connectivity index (χ2v) is 18.7. The summed E-state index contributed by atoms with van der Waals surface area (Å²) in [5.74, 6) is 0. The smallest absolute Gasteiger partial charge is 0.192 e. The number of hydrogen-bond acceptors (Lipinski definition) is 1. The molecule has 0 rings (SSSR count). The molecule has 0 aromatic carbocycles. The van der Waals surface area contributed by atoms with Gasteiger partial charge in [-0.15, -0.1) is 0 Å². The molecule has 21 heavy (non-hydrogen) atoms. The summed E-state index contributed by atoms with van der Waals surface area (Å²) in [4.78, 5) is 0. The van der Waals surface area contributed by atoms with Gasteiger partial charge in [0.1, 0.15) is 0 Å². The van der Waals surface area contributed by atoms with Gasteiger partial charge in [0.2, 0.25) is 0 Å². The van der Waals surface area contributed by atoms with Gasteiger partial charge in [0.05, 0.1) is 8.07 Å². The van der Waals surface area contributed by atoms with Crippen LogP contribution in [-0.2, 0) is 4.43 Å². The predicted octanol–water partition coefficient (Wildman–Crippen LogP) is 7.00. The first-order valence-corrected chi connectivity index (χ1v) is 15.2. The largest absolute Gasteiger partial charge is 0.414 e. The third-order valence-electron chi connectivity index (χ3n) is 6.25. The van der Waals surface area contributed by atoms with E-state index in [-0.39, 0.29) is 5.22 Å². The van der Waals surface area contributed by atoms with Crippen molar-refractivity contribution in [1.29, 1.82) is 0 Å². The molecule has 0 aliphatic heterocycles. The maximum absolute atomic E-state index is 7.05.